The van der Waals surface area contributed by atoms with E-state index < -0.39 is 0 Å². The van der Waals surface area contributed by atoms with Gasteiger partial charge in [-0.25, -0.2) is 0 Å². The third-order valence-electron chi connectivity index (χ3n) is 2.31. The summed E-state index contributed by atoms with van der Waals surface area (Å²) in [5, 5.41) is 8.78. The van der Waals surface area contributed by atoms with Crippen molar-refractivity contribution in [2.45, 2.75) is 0 Å². The van der Waals surface area contributed by atoms with Gasteiger partial charge in [-0.05, 0) is 30.3 Å². The fraction of sp³-hybridized carbons (Fsp3) is 0. The molecule has 6 heteroatoms. The van der Waals surface area contributed by atoms with Gasteiger partial charge >= 0.3 is 0 Å². The van der Waals surface area contributed by atoms with Crippen LogP contribution in [0.5, 0.6) is 11.5 Å². The minimum Gasteiger partial charge on any atom is -0.456 e. The van der Waals surface area contributed by atoms with Crippen molar-refractivity contribution in [1.82, 2.24) is 0 Å². The first-order chi connectivity index (χ1) is 8.97. The van der Waals surface area contributed by atoms with Crippen LogP contribution in [0, 0.1) is 5.41 Å². The maximum Gasteiger partial charge on any atom is 0.139 e. The van der Waals surface area contributed by atoms with Gasteiger partial charge < -0.3 is 10.5 Å². The van der Waals surface area contributed by atoms with Crippen molar-refractivity contribution in [3.63, 3.8) is 0 Å². The van der Waals surface area contributed by atoms with Crippen LogP contribution in [0.1, 0.15) is 5.56 Å². The number of nitrogen functional groups attached to an aromatic ring is 1. The van der Waals surface area contributed by atoms with Crippen molar-refractivity contribution < 1.29 is 4.74 Å². The molecule has 0 aliphatic heterocycles. The highest BCUT2D eigenvalue weighted by Gasteiger charge is 2.12. The molecule has 2 rings (SSSR count). The van der Waals surface area contributed by atoms with Gasteiger partial charge in [0.25, 0.3) is 0 Å². The lowest BCUT2D eigenvalue weighted by Gasteiger charge is -2.12. The first-order valence-corrected chi connectivity index (χ1v) is 6.37. The molecule has 0 fully saturated rings. The number of rotatable bonds is 3. The van der Waals surface area contributed by atoms with E-state index in [1.54, 1.807) is 36.4 Å². The summed E-state index contributed by atoms with van der Waals surface area (Å²) in [4.78, 5) is 0. The van der Waals surface area contributed by atoms with Crippen LogP contribution >= 0.6 is 34.8 Å². The van der Waals surface area contributed by atoms with Gasteiger partial charge in [-0.15, -0.1) is 0 Å². The summed E-state index contributed by atoms with van der Waals surface area (Å²) in [5.41, 5.74) is 5.83. The second-order valence-corrected chi connectivity index (χ2v) is 5.01. The standard InChI is InChI=1S/C13H9Cl3N2O/c14-7-4-8(15)6-9(5-7)19-11-3-1-2-10(16)12(11)13(17)18/h1-6H,(H3,17,18). The van der Waals surface area contributed by atoms with Crippen LogP contribution in [0.4, 0.5) is 0 Å². The van der Waals surface area contributed by atoms with Crippen molar-refractivity contribution >= 4 is 40.6 Å². The molecule has 2 aromatic rings. The maximum atomic E-state index is 7.53. The van der Waals surface area contributed by atoms with E-state index in [4.69, 9.17) is 50.7 Å². The van der Waals surface area contributed by atoms with Gasteiger partial charge in [0.15, 0.2) is 0 Å². The fourth-order valence-electron chi connectivity index (χ4n) is 1.57. The molecule has 0 amide bonds. The van der Waals surface area contributed by atoms with E-state index in [-0.39, 0.29) is 5.84 Å². The Kier molecular flexibility index (Phi) is 4.20. The molecule has 2 aromatic carbocycles. The SMILES string of the molecule is N=C(N)c1c(Cl)cccc1Oc1cc(Cl)cc(Cl)c1. The Labute approximate surface area is 125 Å². The van der Waals surface area contributed by atoms with E-state index in [0.29, 0.717) is 32.1 Å². The maximum absolute atomic E-state index is 7.53. The lowest BCUT2D eigenvalue weighted by molar-refractivity contribution is 0.481. The lowest BCUT2D eigenvalue weighted by atomic mass is 10.2. The Morgan fingerprint density at radius 3 is 2.26 bits per heavy atom. The Morgan fingerprint density at radius 1 is 1.05 bits per heavy atom. The zero-order chi connectivity index (χ0) is 14.0. The molecular formula is C13H9Cl3N2O. The highest BCUT2D eigenvalue weighted by atomic mass is 35.5. The zero-order valence-electron chi connectivity index (χ0n) is 9.58. The summed E-state index contributed by atoms with van der Waals surface area (Å²) < 4.78 is 5.64. The molecule has 0 bridgehead atoms. The van der Waals surface area contributed by atoms with Gasteiger partial charge in [0.05, 0.1) is 10.6 Å². The second kappa shape index (κ2) is 5.70. The minimum atomic E-state index is -0.172. The molecule has 3 N–H and O–H groups in total. The van der Waals surface area contributed by atoms with E-state index in [2.05, 4.69) is 0 Å². The Bertz CT molecular complexity index is 624. The number of hydrogen-bond acceptors (Lipinski definition) is 2. The van der Waals surface area contributed by atoms with Gasteiger partial charge in [0.2, 0.25) is 0 Å². The summed E-state index contributed by atoms with van der Waals surface area (Å²) in [5.74, 6) is 0.648. The van der Waals surface area contributed by atoms with Gasteiger partial charge in [0.1, 0.15) is 17.3 Å². The average Bonchev–Trinajstić information content (AvgIpc) is 2.26. The second-order valence-electron chi connectivity index (χ2n) is 3.73. The number of nitrogens with one attached hydrogen (secondary N) is 1. The molecule has 0 aliphatic carbocycles. The quantitative estimate of drug-likeness (QED) is 0.636. The minimum absolute atomic E-state index is 0.172. The van der Waals surface area contributed by atoms with E-state index in [1.165, 1.54) is 0 Å². The average molecular weight is 316 g/mol. The van der Waals surface area contributed by atoms with Gasteiger partial charge in [-0.2, -0.15) is 0 Å². The van der Waals surface area contributed by atoms with E-state index in [0.717, 1.165) is 0 Å². The summed E-state index contributed by atoms with van der Waals surface area (Å²) in [6.45, 7) is 0. The van der Waals surface area contributed by atoms with Crippen LogP contribution in [-0.2, 0) is 0 Å². The van der Waals surface area contributed by atoms with Crippen molar-refractivity contribution in [3.05, 3.63) is 57.0 Å². The number of benzene rings is 2. The molecule has 0 spiro atoms. The number of halogens is 3. The zero-order valence-corrected chi connectivity index (χ0v) is 11.9. The molecule has 19 heavy (non-hydrogen) atoms. The number of amidine groups is 1. The summed E-state index contributed by atoms with van der Waals surface area (Å²) >= 11 is 17.8. The highest BCUT2D eigenvalue weighted by molar-refractivity contribution is 6.35. The molecule has 0 saturated heterocycles. The summed E-state index contributed by atoms with van der Waals surface area (Å²) in [6, 6.07) is 9.82. The molecule has 0 heterocycles. The number of ether oxygens (including phenoxy) is 1. The van der Waals surface area contributed by atoms with Crippen LogP contribution in [0.15, 0.2) is 36.4 Å². The Balaban J connectivity index is 2.43. The molecule has 0 aromatic heterocycles. The molecule has 0 saturated carbocycles. The first kappa shape index (κ1) is 14.0. The van der Waals surface area contributed by atoms with E-state index in [1.807, 2.05) is 0 Å². The topological polar surface area (TPSA) is 59.1 Å². The van der Waals surface area contributed by atoms with Gasteiger partial charge in [0, 0.05) is 10.0 Å². The summed E-state index contributed by atoms with van der Waals surface area (Å²) in [6.07, 6.45) is 0. The molecule has 98 valence electrons. The van der Waals surface area contributed by atoms with Crippen LogP contribution in [0.3, 0.4) is 0 Å². The van der Waals surface area contributed by atoms with Crippen molar-refractivity contribution in [2.75, 3.05) is 0 Å². The van der Waals surface area contributed by atoms with Crippen LogP contribution in [-0.4, -0.2) is 5.84 Å². The predicted molar refractivity (Wildman–Crippen MR) is 79.0 cm³/mol. The normalized spacial score (nSPS) is 10.3. The first-order valence-electron chi connectivity index (χ1n) is 5.24. The lowest BCUT2D eigenvalue weighted by Crippen LogP contribution is -2.13. The molecular weight excluding hydrogens is 307 g/mol. The smallest absolute Gasteiger partial charge is 0.139 e. The molecule has 0 unspecified atom stereocenters. The Hall–Kier alpha value is -1.42. The third kappa shape index (κ3) is 3.32. The van der Waals surface area contributed by atoms with Crippen LogP contribution < -0.4 is 10.5 Å². The third-order valence-corrected chi connectivity index (χ3v) is 3.06. The number of hydrogen-bond donors (Lipinski definition) is 2. The van der Waals surface area contributed by atoms with E-state index >= 15 is 0 Å². The van der Waals surface area contributed by atoms with Crippen molar-refractivity contribution in [2.24, 2.45) is 5.73 Å². The van der Waals surface area contributed by atoms with Gasteiger partial charge in [-0.1, -0.05) is 40.9 Å². The van der Waals surface area contributed by atoms with E-state index in [9.17, 15) is 0 Å². The van der Waals surface area contributed by atoms with Crippen LogP contribution in [0.2, 0.25) is 15.1 Å². The largest absolute Gasteiger partial charge is 0.456 e. The molecule has 3 nitrogen and oxygen atoms in total. The molecule has 0 radical (unpaired) electrons. The predicted octanol–water partition coefficient (Wildman–Crippen LogP) is 4.72. The van der Waals surface area contributed by atoms with Crippen LogP contribution in [0.25, 0.3) is 0 Å². The molecule has 0 atom stereocenters. The van der Waals surface area contributed by atoms with Crippen molar-refractivity contribution in [1.29, 1.82) is 5.41 Å². The highest BCUT2D eigenvalue weighted by Crippen LogP contribution is 2.32. The van der Waals surface area contributed by atoms with Gasteiger partial charge in [-0.3, -0.25) is 5.41 Å². The Morgan fingerprint density at radius 2 is 1.68 bits per heavy atom. The van der Waals surface area contributed by atoms with Crippen molar-refractivity contribution in [3.8, 4) is 11.5 Å². The number of nitrogens with two attached hydrogens (primary N) is 1. The molecule has 0 aliphatic rings. The summed E-state index contributed by atoms with van der Waals surface area (Å²) in [7, 11) is 0. The fourth-order valence-corrected chi connectivity index (χ4v) is 2.34. The monoisotopic (exact) mass is 314 g/mol.